The summed E-state index contributed by atoms with van der Waals surface area (Å²) in [6, 6.07) is 19.6. The number of amides is 2. The van der Waals surface area contributed by atoms with Crippen LogP contribution in [0, 0.1) is 0 Å². The van der Waals surface area contributed by atoms with Crippen molar-refractivity contribution < 1.29 is 9.59 Å². The standard InChI is InChI=1S/C22H23N3O2S2/c26-20-15-19(21(27)25(20)18-9-5-2-6-10-18)29-22(28)24-13-11-23(12-14-24)16-17-7-3-1-4-8-17/h1-10,19H,11-16H2/t19-/m1/s1. The lowest BCUT2D eigenvalue weighted by molar-refractivity contribution is -0.121. The fourth-order valence-electron chi connectivity index (χ4n) is 3.67. The number of nitrogens with zero attached hydrogens (tertiary/aromatic N) is 3. The van der Waals surface area contributed by atoms with E-state index in [1.807, 2.05) is 24.3 Å². The molecule has 150 valence electrons. The van der Waals surface area contributed by atoms with E-state index in [1.54, 1.807) is 12.1 Å². The molecule has 2 saturated heterocycles. The number of imide groups is 1. The molecule has 1 atom stereocenters. The minimum atomic E-state index is -0.433. The van der Waals surface area contributed by atoms with Gasteiger partial charge in [0.05, 0.1) is 5.69 Å². The highest BCUT2D eigenvalue weighted by Crippen LogP contribution is 2.31. The molecule has 2 fully saturated rings. The van der Waals surface area contributed by atoms with Gasteiger partial charge >= 0.3 is 0 Å². The molecule has 0 bridgehead atoms. The molecule has 0 radical (unpaired) electrons. The number of benzene rings is 2. The molecular weight excluding hydrogens is 402 g/mol. The fraction of sp³-hybridized carbons (Fsp3) is 0.318. The summed E-state index contributed by atoms with van der Waals surface area (Å²) in [5, 5.41) is -0.433. The van der Waals surface area contributed by atoms with Gasteiger partial charge in [-0.15, -0.1) is 0 Å². The maximum Gasteiger partial charge on any atom is 0.247 e. The molecule has 2 aromatic carbocycles. The van der Waals surface area contributed by atoms with Gasteiger partial charge in [-0.2, -0.15) is 0 Å². The Morgan fingerprint density at radius 1 is 0.931 bits per heavy atom. The second kappa shape index (κ2) is 9.07. The molecule has 0 aromatic heterocycles. The molecule has 2 aromatic rings. The summed E-state index contributed by atoms with van der Waals surface area (Å²) >= 11 is 6.97. The van der Waals surface area contributed by atoms with Gasteiger partial charge < -0.3 is 4.90 Å². The number of thioether (sulfide) groups is 1. The Balaban J connectivity index is 1.30. The highest BCUT2D eigenvalue weighted by atomic mass is 32.2. The molecule has 2 amide bonds. The topological polar surface area (TPSA) is 43.9 Å². The third kappa shape index (κ3) is 4.69. The van der Waals surface area contributed by atoms with Crippen LogP contribution in [0.5, 0.6) is 0 Å². The molecule has 0 unspecified atom stereocenters. The van der Waals surface area contributed by atoms with Gasteiger partial charge in [-0.05, 0) is 17.7 Å². The van der Waals surface area contributed by atoms with Crippen molar-refractivity contribution in [2.24, 2.45) is 0 Å². The molecule has 2 aliphatic rings. The number of anilines is 1. The van der Waals surface area contributed by atoms with Crippen molar-refractivity contribution in [1.29, 1.82) is 0 Å². The Hall–Kier alpha value is -2.22. The number of rotatable bonds is 4. The summed E-state index contributed by atoms with van der Waals surface area (Å²) in [7, 11) is 0. The predicted octanol–water partition coefficient (Wildman–Crippen LogP) is 3.15. The number of thiocarbonyl (C=S) groups is 1. The second-order valence-electron chi connectivity index (χ2n) is 7.23. The number of piperazine rings is 1. The van der Waals surface area contributed by atoms with Crippen molar-refractivity contribution in [3.05, 3.63) is 66.2 Å². The van der Waals surface area contributed by atoms with E-state index in [2.05, 4.69) is 34.1 Å². The van der Waals surface area contributed by atoms with E-state index in [0.717, 1.165) is 32.7 Å². The Labute approximate surface area is 180 Å². The minimum absolute atomic E-state index is 0.158. The van der Waals surface area contributed by atoms with Crippen LogP contribution >= 0.6 is 24.0 Å². The monoisotopic (exact) mass is 425 g/mol. The van der Waals surface area contributed by atoms with Gasteiger partial charge in [0, 0.05) is 39.1 Å². The van der Waals surface area contributed by atoms with Gasteiger partial charge in [-0.1, -0.05) is 72.5 Å². The summed E-state index contributed by atoms with van der Waals surface area (Å²) in [6.07, 6.45) is 0.201. The number of carbonyl (C=O) groups is 2. The van der Waals surface area contributed by atoms with Crippen LogP contribution in [0.15, 0.2) is 60.7 Å². The molecule has 0 N–H and O–H groups in total. The first-order valence-corrected chi connectivity index (χ1v) is 11.0. The molecular formula is C22H23N3O2S2. The zero-order valence-corrected chi connectivity index (χ0v) is 17.7. The van der Waals surface area contributed by atoms with E-state index in [0.29, 0.717) is 10.0 Å². The lowest BCUT2D eigenvalue weighted by Gasteiger charge is -2.36. The number of para-hydroxylation sites is 1. The lowest BCUT2D eigenvalue weighted by Crippen LogP contribution is -2.47. The van der Waals surface area contributed by atoms with Crippen LogP contribution in [-0.2, 0) is 16.1 Å². The molecule has 7 heteroatoms. The second-order valence-corrected chi connectivity index (χ2v) is 9.06. The molecule has 0 aliphatic carbocycles. The normalized spacial score (nSPS) is 20.3. The molecule has 4 rings (SSSR count). The third-order valence-corrected chi connectivity index (χ3v) is 6.90. The Bertz CT molecular complexity index is 883. The quantitative estimate of drug-likeness (QED) is 0.554. The molecule has 29 heavy (non-hydrogen) atoms. The maximum atomic E-state index is 12.8. The first-order chi connectivity index (χ1) is 14.1. The van der Waals surface area contributed by atoms with Gasteiger partial charge in [0.2, 0.25) is 11.8 Å². The molecule has 2 aliphatic heterocycles. The van der Waals surface area contributed by atoms with Crippen molar-refractivity contribution in [2.75, 3.05) is 31.1 Å². The Kier molecular flexibility index (Phi) is 6.28. The van der Waals surface area contributed by atoms with E-state index in [9.17, 15) is 9.59 Å². The zero-order chi connectivity index (χ0) is 20.2. The van der Waals surface area contributed by atoms with Gasteiger partial charge in [-0.25, -0.2) is 4.90 Å². The first-order valence-electron chi connectivity index (χ1n) is 9.75. The number of hydrogen-bond acceptors (Lipinski definition) is 5. The van der Waals surface area contributed by atoms with E-state index in [1.165, 1.54) is 22.2 Å². The van der Waals surface area contributed by atoms with Gasteiger partial charge in [0.1, 0.15) is 9.57 Å². The van der Waals surface area contributed by atoms with Gasteiger partial charge in [0.25, 0.3) is 0 Å². The van der Waals surface area contributed by atoms with Crippen LogP contribution in [0.3, 0.4) is 0 Å². The lowest BCUT2D eigenvalue weighted by atomic mass is 10.2. The fourth-order valence-corrected chi connectivity index (χ4v) is 5.21. The van der Waals surface area contributed by atoms with E-state index >= 15 is 0 Å². The Morgan fingerprint density at radius 2 is 1.55 bits per heavy atom. The SMILES string of the molecule is O=C1C[C@@H](SC(=S)N2CCN(Cc3ccccc3)CC2)C(=O)N1c1ccccc1. The molecule has 5 nitrogen and oxygen atoms in total. The van der Waals surface area contributed by atoms with Crippen LogP contribution in [-0.4, -0.2) is 57.4 Å². The largest absolute Gasteiger partial charge is 0.355 e. The smallest absolute Gasteiger partial charge is 0.247 e. The summed E-state index contributed by atoms with van der Waals surface area (Å²) in [5.41, 5.74) is 1.94. The minimum Gasteiger partial charge on any atom is -0.355 e. The maximum absolute atomic E-state index is 12.8. The zero-order valence-electron chi connectivity index (χ0n) is 16.1. The van der Waals surface area contributed by atoms with E-state index < -0.39 is 5.25 Å². The Morgan fingerprint density at radius 3 is 2.21 bits per heavy atom. The highest BCUT2D eigenvalue weighted by Gasteiger charge is 2.41. The average molecular weight is 426 g/mol. The highest BCUT2D eigenvalue weighted by molar-refractivity contribution is 8.23. The van der Waals surface area contributed by atoms with E-state index in [4.69, 9.17) is 12.2 Å². The van der Waals surface area contributed by atoms with Crippen molar-refractivity contribution in [3.8, 4) is 0 Å². The summed E-state index contributed by atoms with van der Waals surface area (Å²) < 4.78 is 0.713. The number of hydrogen-bond donors (Lipinski definition) is 0. The summed E-state index contributed by atoms with van der Waals surface area (Å²) in [4.78, 5) is 31.0. The average Bonchev–Trinajstić information content (AvgIpc) is 3.03. The van der Waals surface area contributed by atoms with Crippen LogP contribution in [0.4, 0.5) is 5.69 Å². The third-order valence-electron chi connectivity index (χ3n) is 5.24. The van der Waals surface area contributed by atoms with Gasteiger partial charge in [0.15, 0.2) is 0 Å². The predicted molar refractivity (Wildman–Crippen MR) is 121 cm³/mol. The van der Waals surface area contributed by atoms with Crippen LogP contribution in [0.25, 0.3) is 0 Å². The van der Waals surface area contributed by atoms with Crippen molar-refractivity contribution >= 4 is 45.8 Å². The van der Waals surface area contributed by atoms with Crippen molar-refractivity contribution in [2.45, 2.75) is 18.2 Å². The first kappa shape index (κ1) is 20.1. The van der Waals surface area contributed by atoms with Crippen LogP contribution in [0.2, 0.25) is 0 Å². The van der Waals surface area contributed by atoms with Crippen molar-refractivity contribution in [1.82, 2.24) is 9.80 Å². The van der Waals surface area contributed by atoms with Crippen molar-refractivity contribution in [3.63, 3.8) is 0 Å². The summed E-state index contributed by atoms with van der Waals surface area (Å²) in [5.74, 6) is -0.328. The molecule has 0 spiro atoms. The van der Waals surface area contributed by atoms with Gasteiger partial charge in [-0.3, -0.25) is 14.5 Å². The molecule has 2 heterocycles. The molecule has 0 saturated carbocycles. The van der Waals surface area contributed by atoms with Crippen LogP contribution in [0.1, 0.15) is 12.0 Å². The van der Waals surface area contributed by atoms with Crippen LogP contribution < -0.4 is 4.90 Å². The van der Waals surface area contributed by atoms with E-state index in [-0.39, 0.29) is 18.2 Å². The number of carbonyl (C=O) groups excluding carboxylic acids is 2. The summed E-state index contributed by atoms with van der Waals surface area (Å²) in [6.45, 7) is 4.49.